The zero-order chi connectivity index (χ0) is 41.9. The molecule has 0 saturated heterocycles. The molecule has 1 heterocycles. The van der Waals surface area contributed by atoms with Gasteiger partial charge >= 0.3 is 0 Å². The highest BCUT2D eigenvalue weighted by Crippen LogP contribution is 2.46. The second-order valence-corrected chi connectivity index (χ2v) is 14.6. The van der Waals surface area contributed by atoms with Crippen LogP contribution < -0.4 is 4.90 Å². The molecule has 58 heavy (non-hydrogen) atoms. The van der Waals surface area contributed by atoms with Crippen molar-refractivity contribution in [2.24, 2.45) is 0 Å². The lowest BCUT2D eigenvalue weighted by Gasteiger charge is -2.28. The van der Waals surface area contributed by atoms with Gasteiger partial charge in [-0.1, -0.05) is 176 Å². The maximum absolute atomic E-state index is 9.71. The van der Waals surface area contributed by atoms with E-state index in [9.17, 15) is 5.48 Å². The normalized spacial score (nSPS) is 12.4. The number of hydrogen-bond acceptors (Lipinski definition) is 2. The number of rotatable bonds is 7. The highest BCUT2D eigenvalue weighted by Gasteiger charge is 2.21. The first kappa shape index (κ1) is 29.6. The predicted octanol–water partition coefficient (Wildman–Crippen LogP) is 16.0. The van der Waals surface area contributed by atoms with Crippen molar-refractivity contribution in [3.05, 3.63) is 224 Å². The molecule has 0 aliphatic carbocycles. The first-order valence-electron chi connectivity index (χ1n) is 21.5. The van der Waals surface area contributed by atoms with Crippen LogP contribution in [0.15, 0.2) is 229 Å². The molecule has 1 aromatic heterocycles. The van der Waals surface area contributed by atoms with E-state index in [1.165, 1.54) is 0 Å². The summed E-state index contributed by atoms with van der Waals surface area (Å²) >= 11 is 0. The minimum Gasteiger partial charge on any atom is -0.456 e. The third kappa shape index (κ3) is 5.91. The topological polar surface area (TPSA) is 16.4 Å². The summed E-state index contributed by atoms with van der Waals surface area (Å²) in [6.07, 6.45) is 0. The summed E-state index contributed by atoms with van der Waals surface area (Å²) in [5, 5.41) is 6.44. The van der Waals surface area contributed by atoms with Crippen molar-refractivity contribution in [1.29, 1.82) is 0 Å². The number of para-hydroxylation sites is 1. The first-order chi connectivity index (χ1) is 30.4. The van der Waals surface area contributed by atoms with E-state index in [-0.39, 0.29) is 35.4 Å². The molecule has 0 aliphatic rings. The average molecular weight is 744 g/mol. The summed E-state index contributed by atoms with van der Waals surface area (Å²) in [6.45, 7) is 0. The van der Waals surface area contributed by atoms with Gasteiger partial charge in [0, 0.05) is 27.7 Å². The molecule has 10 aromatic carbocycles. The molecule has 0 amide bonds. The van der Waals surface area contributed by atoms with E-state index < -0.39 is 0 Å². The molecular formula is C56H37NO. The Morgan fingerprint density at radius 3 is 1.72 bits per heavy atom. The van der Waals surface area contributed by atoms with Crippen molar-refractivity contribution >= 4 is 60.5 Å². The van der Waals surface area contributed by atoms with Crippen LogP contribution in [-0.2, 0) is 0 Å². The van der Waals surface area contributed by atoms with Crippen molar-refractivity contribution < 1.29 is 9.90 Å². The first-order valence-corrected chi connectivity index (χ1v) is 19.5. The Kier molecular flexibility index (Phi) is 7.20. The lowest BCUT2D eigenvalue weighted by atomic mass is 9.95. The Morgan fingerprint density at radius 2 is 0.914 bits per heavy atom. The van der Waals surface area contributed by atoms with Gasteiger partial charge in [-0.15, -0.1) is 0 Å². The van der Waals surface area contributed by atoms with Crippen LogP contribution in [0.2, 0.25) is 0 Å². The molecule has 0 radical (unpaired) electrons. The molecule has 11 rings (SSSR count). The molecule has 0 N–H and O–H groups in total. The number of nitrogens with zero attached hydrogens (tertiary/aromatic N) is 1. The molecule has 0 spiro atoms. The second kappa shape index (κ2) is 14.1. The zero-order valence-corrected chi connectivity index (χ0v) is 31.4. The van der Waals surface area contributed by atoms with Gasteiger partial charge in [0.05, 0.1) is 11.2 Å². The number of fused-ring (bicyclic) bond motifs is 5. The van der Waals surface area contributed by atoms with E-state index in [1.54, 1.807) is 0 Å². The fraction of sp³-hybridized carbons (Fsp3) is 0. The predicted molar refractivity (Wildman–Crippen MR) is 245 cm³/mol. The van der Waals surface area contributed by atoms with Gasteiger partial charge in [0.1, 0.15) is 11.2 Å². The van der Waals surface area contributed by atoms with E-state index in [0.717, 1.165) is 76.9 Å². The van der Waals surface area contributed by atoms with Gasteiger partial charge in [-0.2, -0.15) is 0 Å². The fourth-order valence-corrected chi connectivity index (χ4v) is 8.31. The Bertz CT molecular complexity index is 3470. The fourth-order valence-electron chi connectivity index (χ4n) is 8.31. The minimum absolute atomic E-state index is 0.114. The van der Waals surface area contributed by atoms with E-state index >= 15 is 0 Å². The van der Waals surface area contributed by atoms with Gasteiger partial charge in [0.2, 0.25) is 0 Å². The largest absolute Gasteiger partial charge is 0.456 e. The van der Waals surface area contributed by atoms with Crippen molar-refractivity contribution in [3.8, 4) is 44.5 Å². The number of furan rings is 1. The SMILES string of the molecule is [2H]c1c([2H])c(N(c2ccc(-c3ccccc3)cc2)c2ccccc2-c2cccc3oc4cc5ccccc5cc4c23)c([2H])c([2H])c1-c1ccc(-c2cccc3ccccc23)cc1. The van der Waals surface area contributed by atoms with Crippen molar-refractivity contribution in [2.75, 3.05) is 4.90 Å². The van der Waals surface area contributed by atoms with Gasteiger partial charge in [0.25, 0.3) is 0 Å². The van der Waals surface area contributed by atoms with Crippen LogP contribution in [0.4, 0.5) is 17.1 Å². The highest BCUT2D eigenvalue weighted by atomic mass is 16.3. The summed E-state index contributed by atoms with van der Waals surface area (Å²) in [5.74, 6) is 0. The molecule has 0 bridgehead atoms. The molecule has 2 nitrogen and oxygen atoms in total. The molecular weight excluding hydrogens is 703 g/mol. The van der Waals surface area contributed by atoms with Gasteiger partial charge in [-0.25, -0.2) is 0 Å². The summed E-state index contributed by atoms with van der Waals surface area (Å²) in [6, 6.07) is 66.6. The second-order valence-electron chi connectivity index (χ2n) is 14.6. The van der Waals surface area contributed by atoms with Gasteiger partial charge < -0.3 is 9.32 Å². The van der Waals surface area contributed by atoms with Crippen LogP contribution in [0.25, 0.3) is 88.0 Å². The van der Waals surface area contributed by atoms with Crippen LogP contribution in [0.1, 0.15) is 5.48 Å². The molecule has 0 fully saturated rings. The van der Waals surface area contributed by atoms with Crippen LogP contribution in [-0.4, -0.2) is 0 Å². The molecule has 2 heteroatoms. The van der Waals surface area contributed by atoms with Crippen molar-refractivity contribution in [3.63, 3.8) is 0 Å². The molecule has 0 unspecified atom stereocenters. The van der Waals surface area contributed by atoms with E-state index in [4.69, 9.17) is 4.42 Å². The van der Waals surface area contributed by atoms with Crippen LogP contribution in [0.5, 0.6) is 0 Å². The quantitative estimate of drug-likeness (QED) is 0.162. The third-order valence-corrected chi connectivity index (χ3v) is 11.1. The highest BCUT2D eigenvalue weighted by molar-refractivity contribution is 6.16. The molecule has 0 aliphatic heterocycles. The number of hydrogen-bond donors (Lipinski definition) is 0. The van der Waals surface area contributed by atoms with Crippen LogP contribution in [0, 0.1) is 0 Å². The molecule has 0 saturated carbocycles. The Hall–Kier alpha value is -7.68. The monoisotopic (exact) mass is 743 g/mol. The minimum atomic E-state index is -0.139. The van der Waals surface area contributed by atoms with E-state index in [1.807, 2.05) is 132 Å². The molecule has 272 valence electrons. The number of anilines is 3. The van der Waals surface area contributed by atoms with Gasteiger partial charge in [-0.3, -0.25) is 0 Å². The Balaban J connectivity index is 1.10. The van der Waals surface area contributed by atoms with Gasteiger partial charge in [0.15, 0.2) is 0 Å². The zero-order valence-electron chi connectivity index (χ0n) is 35.4. The van der Waals surface area contributed by atoms with Crippen molar-refractivity contribution in [2.45, 2.75) is 0 Å². The Morgan fingerprint density at radius 1 is 0.345 bits per heavy atom. The van der Waals surface area contributed by atoms with E-state index in [2.05, 4.69) is 72.8 Å². The molecule has 0 atom stereocenters. The van der Waals surface area contributed by atoms with Gasteiger partial charge in [-0.05, 0) is 109 Å². The standard InChI is InChI=1S/C56H37NO/c1-2-12-38(13-3-1)40-28-32-46(33-29-40)57(47-34-30-41(31-35-47)39-24-26-43(27-25-39)49-20-10-17-42-14-6-7-18-48(42)49)53-22-9-8-19-50(53)51-21-11-23-54-56(51)52-36-44-15-4-5-16-45(44)37-55(52)58-54/h1-37H/i30D,31D,34D,35D. The lowest BCUT2D eigenvalue weighted by molar-refractivity contribution is 0.669. The number of benzene rings is 10. The van der Waals surface area contributed by atoms with Crippen LogP contribution >= 0.6 is 0 Å². The van der Waals surface area contributed by atoms with Crippen LogP contribution in [0.3, 0.4) is 0 Å². The lowest BCUT2D eigenvalue weighted by Crippen LogP contribution is -2.11. The maximum atomic E-state index is 9.71. The summed E-state index contributed by atoms with van der Waals surface area (Å²) in [4.78, 5) is 1.88. The Labute approximate surface area is 343 Å². The average Bonchev–Trinajstić information content (AvgIpc) is 3.69. The molecule has 11 aromatic rings. The third-order valence-electron chi connectivity index (χ3n) is 11.1. The summed E-state index contributed by atoms with van der Waals surface area (Å²) in [5.41, 5.74) is 9.93. The maximum Gasteiger partial charge on any atom is 0.136 e. The summed E-state index contributed by atoms with van der Waals surface area (Å²) in [7, 11) is 0. The summed E-state index contributed by atoms with van der Waals surface area (Å²) < 4.78 is 45.0. The van der Waals surface area contributed by atoms with Crippen molar-refractivity contribution in [1.82, 2.24) is 0 Å². The smallest absolute Gasteiger partial charge is 0.136 e. The van der Waals surface area contributed by atoms with E-state index in [0.29, 0.717) is 16.9 Å².